The van der Waals surface area contributed by atoms with Crippen LogP contribution in [0.5, 0.6) is 11.5 Å². The summed E-state index contributed by atoms with van der Waals surface area (Å²) in [6.07, 6.45) is 1.40. The Balaban J connectivity index is 2.48. The quantitative estimate of drug-likeness (QED) is 0.423. The van der Waals surface area contributed by atoms with Gasteiger partial charge in [-0.15, -0.1) is 0 Å². The number of hydrogen-bond donors (Lipinski definition) is 1. The molecule has 2 amide bonds. The fourth-order valence-electron chi connectivity index (χ4n) is 3.82. The van der Waals surface area contributed by atoms with Gasteiger partial charge in [-0.25, -0.2) is 8.42 Å². The van der Waals surface area contributed by atoms with Crippen molar-refractivity contribution >= 4 is 27.5 Å². The number of hydrogen-bond acceptors (Lipinski definition) is 6. The summed E-state index contributed by atoms with van der Waals surface area (Å²) in [6.45, 7) is 7.90. The molecule has 204 valence electrons. The summed E-state index contributed by atoms with van der Waals surface area (Å²) in [7, 11) is -0.983. The summed E-state index contributed by atoms with van der Waals surface area (Å²) in [5.41, 5.74) is 2.10. The Morgan fingerprint density at radius 3 is 2.19 bits per heavy atom. The number of benzene rings is 2. The number of sulfonamides is 1. The molecule has 10 heteroatoms. The van der Waals surface area contributed by atoms with E-state index < -0.39 is 28.5 Å². The average molecular weight is 534 g/mol. The van der Waals surface area contributed by atoms with E-state index in [-0.39, 0.29) is 29.8 Å². The molecule has 0 radical (unpaired) electrons. The van der Waals surface area contributed by atoms with E-state index in [1.54, 1.807) is 12.1 Å². The molecule has 1 atom stereocenters. The molecule has 1 N–H and O–H groups in total. The molecule has 0 spiro atoms. The summed E-state index contributed by atoms with van der Waals surface area (Å²) in [6, 6.07) is 11.6. The molecule has 0 aromatic heterocycles. The van der Waals surface area contributed by atoms with Crippen molar-refractivity contribution in [1.29, 1.82) is 0 Å². The van der Waals surface area contributed by atoms with Gasteiger partial charge < -0.3 is 19.7 Å². The van der Waals surface area contributed by atoms with Crippen molar-refractivity contribution in [1.82, 2.24) is 10.2 Å². The average Bonchev–Trinajstić information content (AvgIpc) is 2.85. The highest BCUT2D eigenvalue weighted by atomic mass is 32.2. The number of methoxy groups -OCH3 is 2. The first-order valence-corrected chi connectivity index (χ1v) is 14.1. The van der Waals surface area contributed by atoms with Gasteiger partial charge in [-0.2, -0.15) is 0 Å². The number of carbonyl (C=O) groups is 2. The van der Waals surface area contributed by atoms with Gasteiger partial charge in [0, 0.05) is 19.2 Å². The number of aryl methyl sites for hydroxylation is 1. The Morgan fingerprint density at radius 1 is 1.03 bits per heavy atom. The highest BCUT2D eigenvalue weighted by molar-refractivity contribution is 7.92. The van der Waals surface area contributed by atoms with E-state index >= 15 is 0 Å². The number of amides is 2. The number of rotatable bonds is 13. The predicted molar refractivity (Wildman–Crippen MR) is 145 cm³/mol. The normalized spacial score (nSPS) is 12.1. The second-order valence-corrected chi connectivity index (χ2v) is 11.3. The van der Waals surface area contributed by atoms with Crippen molar-refractivity contribution in [3.63, 3.8) is 0 Å². The number of anilines is 1. The molecule has 0 fully saturated rings. The molecule has 0 bridgehead atoms. The number of nitrogens with one attached hydrogen (secondary N) is 1. The van der Waals surface area contributed by atoms with Gasteiger partial charge in [-0.3, -0.25) is 13.9 Å². The minimum atomic E-state index is -3.89. The third kappa shape index (κ3) is 8.38. The lowest BCUT2D eigenvalue weighted by atomic mass is 10.1. The Kier molecular flexibility index (Phi) is 10.8. The van der Waals surface area contributed by atoms with Crippen molar-refractivity contribution in [3.05, 3.63) is 53.6 Å². The maximum atomic E-state index is 13.8. The first kappa shape index (κ1) is 30.0. The van der Waals surface area contributed by atoms with Gasteiger partial charge in [0.25, 0.3) is 0 Å². The van der Waals surface area contributed by atoms with Crippen LogP contribution in [-0.2, 0) is 26.2 Å². The first-order chi connectivity index (χ1) is 17.4. The van der Waals surface area contributed by atoms with Crippen LogP contribution >= 0.6 is 0 Å². The van der Waals surface area contributed by atoms with Gasteiger partial charge in [0.15, 0.2) is 0 Å². The molecule has 2 aromatic carbocycles. The van der Waals surface area contributed by atoms with Crippen LogP contribution in [0.15, 0.2) is 42.5 Å². The van der Waals surface area contributed by atoms with E-state index in [4.69, 9.17) is 9.47 Å². The van der Waals surface area contributed by atoms with Crippen LogP contribution < -0.4 is 19.1 Å². The van der Waals surface area contributed by atoms with Crippen molar-refractivity contribution in [2.75, 3.05) is 37.9 Å². The summed E-state index contributed by atoms with van der Waals surface area (Å²) in [5, 5.41) is 2.91. The number of ether oxygens (including phenoxy) is 2. The second-order valence-electron chi connectivity index (χ2n) is 9.38. The Hall–Kier alpha value is -3.27. The molecule has 2 aromatic rings. The maximum Gasteiger partial charge on any atom is 0.244 e. The molecular weight excluding hydrogens is 494 g/mol. The fraction of sp³-hybridized carbons (Fsp3) is 0.481. The lowest BCUT2D eigenvalue weighted by Gasteiger charge is -2.33. The fourth-order valence-corrected chi connectivity index (χ4v) is 4.67. The number of nitrogens with zero attached hydrogens (tertiary/aromatic N) is 2. The predicted octanol–water partition coefficient (Wildman–Crippen LogP) is 3.36. The van der Waals surface area contributed by atoms with Crippen LogP contribution in [0.1, 0.15) is 38.3 Å². The smallest absolute Gasteiger partial charge is 0.244 e. The molecule has 9 nitrogen and oxygen atoms in total. The molecule has 0 aliphatic rings. The van der Waals surface area contributed by atoms with Crippen LogP contribution in [0.25, 0.3) is 0 Å². The Bertz CT molecular complexity index is 1170. The molecule has 0 aliphatic carbocycles. The molecule has 2 rings (SSSR count). The SMILES string of the molecule is CCC(C(=O)NCC(C)C)N(Cc1ccc(C)cc1)C(=O)CN(c1ccc(OC)cc1OC)S(C)(=O)=O. The minimum absolute atomic E-state index is 0.157. The van der Waals surface area contributed by atoms with Crippen molar-refractivity contribution in [3.8, 4) is 11.5 Å². The van der Waals surface area contributed by atoms with Crippen molar-refractivity contribution < 1.29 is 27.5 Å². The van der Waals surface area contributed by atoms with Gasteiger partial charge in [-0.1, -0.05) is 50.6 Å². The molecule has 1 unspecified atom stereocenters. The van der Waals surface area contributed by atoms with Gasteiger partial charge >= 0.3 is 0 Å². The summed E-state index contributed by atoms with van der Waals surface area (Å²) < 4.78 is 37.3. The topological polar surface area (TPSA) is 105 Å². The van der Waals surface area contributed by atoms with Crippen molar-refractivity contribution in [2.45, 2.75) is 46.7 Å². The lowest BCUT2D eigenvalue weighted by molar-refractivity contribution is -0.140. The van der Waals surface area contributed by atoms with E-state index in [0.717, 1.165) is 21.7 Å². The van der Waals surface area contributed by atoms with Crippen LogP contribution in [0, 0.1) is 12.8 Å². The molecule has 37 heavy (non-hydrogen) atoms. The summed E-state index contributed by atoms with van der Waals surface area (Å²) >= 11 is 0. The zero-order valence-corrected chi connectivity index (χ0v) is 23.6. The Labute approximate surface area is 220 Å². The highest BCUT2D eigenvalue weighted by Gasteiger charge is 2.32. The van der Waals surface area contributed by atoms with Crippen LogP contribution in [-0.4, -0.2) is 64.7 Å². The number of carbonyl (C=O) groups excluding carboxylic acids is 2. The van der Waals surface area contributed by atoms with Crippen LogP contribution in [0.2, 0.25) is 0 Å². The van der Waals surface area contributed by atoms with E-state index in [9.17, 15) is 18.0 Å². The first-order valence-electron chi connectivity index (χ1n) is 12.2. The van der Waals surface area contributed by atoms with E-state index in [0.29, 0.717) is 18.7 Å². The Morgan fingerprint density at radius 2 is 1.68 bits per heavy atom. The summed E-state index contributed by atoms with van der Waals surface area (Å²) in [5.74, 6) is 0.185. The van der Waals surface area contributed by atoms with Gasteiger partial charge in [0.05, 0.1) is 26.2 Å². The molecule has 0 saturated carbocycles. The third-order valence-electron chi connectivity index (χ3n) is 5.88. The summed E-state index contributed by atoms with van der Waals surface area (Å²) in [4.78, 5) is 28.4. The van der Waals surface area contributed by atoms with Crippen LogP contribution in [0.4, 0.5) is 5.69 Å². The van der Waals surface area contributed by atoms with Crippen molar-refractivity contribution in [2.24, 2.45) is 5.92 Å². The molecule has 0 saturated heterocycles. The largest absolute Gasteiger partial charge is 0.497 e. The second kappa shape index (κ2) is 13.3. The standard InChI is InChI=1S/C27H39N3O6S/c1-8-23(27(32)28-16-19(2)3)29(17-21-11-9-20(4)10-12-21)26(31)18-30(37(7,33)34)24-14-13-22(35-5)15-25(24)36-6/h9-15,19,23H,8,16-18H2,1-7H3,(H,28,32). The van der Waals surface area contributed by atoms with Gasteiger partial charge in [-0.05, 0) is 37.0 Å². The van der Waals surface area contributed by atoms with E-state index in [1.165, 1.54) is 25.2 Å². The highest BCUT2D eigenvalue weighted by Crippen LogP contribution is 2.33. The minimum Gasteiger partial charge on any atom is -0.497 e. The monoisotopic (exact) mass is 533 g/mol. The molecule has 0 heterocycles. The zero-order valence-electron chi connectivity index (χ0n) is 22.8. The van der Waals surface area contributed by atoms with E-state index in [1.807, 2.05) is 52.0 Å². The van der Waals surface area contributed by atoms with Crippen LogP contribution in [0.3, 0.4) is 0 Å². The zero-order chi connectivity index (χ0) is 27.8. The van der Waals surface area contributed by atoms with Gasteiger partial charge in [0.1, 0.15) is 24.1 Å². The lowest BCUT2D eigenvalue weighted by Crippen LogP contribution is -2.52. The molecular formula is C27H39N3O6S. The maximum absolute atomic E-state index is 13.8. The van der Waals surface area contributed by atoms with Gasteiger partial charge in [0.2, 0.25) is 21.8 Å². The van der Waals surface area contributed by atoms with E-state index in [2.05, 4.69) is 5.32 Å². The third-order valence-corrected chi connectivity index (χ3v) is 7.01. The molecule has 0 aliphatic heterocycles.